The topological polar surface area (TPSA) is 94.8 Å². The molecule has 0 aliphatic rings. The second-order valence-electron chi connectivity index (χ2n) is 4.68. The summed E-state index contributed by atoms with van der Waals surface area (Å²) in [6.07, 6.45) is 1.71. The molecule has 0 fully saturated rings. The van der Waals surface area contributed by atoms with Gasteiger partial charge in [0.2, 0.25) is 0 Å². The first-order valence-electron chi connectivity index (χ1n) is 6.48. The summed E-state index contributed by atoms with van der Waals surface area (Å²) >= 11 is 0. The van der Waals surface area contributed by atoms with Crippen LogP contribution in [0.1, 0.15) is 31.8 Å². The van der Waals surface area contributed by atoms with Gasteiger partial charge in [0.1, 0.15) is 17.1 Å². The number of benzene rings is 2. The fraction of sp³-hybridized carbons (Fsp3) is 0.0588. The summed E-state index contributed by atoms with van der Waals surface area (Å²) in [7, 11) is 0. The molecule has 112 valence electrons. The van der Waals surface area contributed by atoms with E-state index in [2.05, 4.69) is 6.58 Å². The van der Waals surface area contributed by atoms with E-state index in [1.165, 1.54) is 24.3 Å². The number of para-hydroxylation sites is 1. The monoisotopic (exact) mass is 298 g/mol. The van der Waals surface area contributed by atoms with Gasteiger partial charge in [-0.1, -0.05) is 18.2 Å². The Balaban J connectivity index is 2.60. The maximum Gasteiger partial charge on any atom is 0.339 e. The summed E-state index contributed by atoms with van der Waals surface area (Å²) in [4.78, 5) is 23.7. The van der Waals surface area contributed by atoms with Gasteiger partial charge in [0.15, 0.2) is 5.78 Å². The molecule has 5 heteroatoms. The molecule has 0 saturated carbocycles. The van der Waals surface area contributed by atoms with Crippen LogP contribution in [0.25, 0.3) is 0 Å². The van der Waals surface area contributed by atoms with Gasteiger partial charge in [-0.05, 0) is 36.2 Å². The molecule has 5 nitrogen and oxygen atoms in total. The first-order valence-corrected chi connectivity index (χ1v) is 6.48. The Labute approximate surface area is 126 Å². The minimum Gasteiger partial charge on any atom is -0.507 e. The summed E-state index contributed by atoms with van der Waals surface area (Å²) in [5.41, 5.74) is 0.0643. The fourth-order valence-corrected chi connectivity index (χ4v) is 2.12. The fourth-order valence-electron chi connectivity index (χ4n) is 2.12. The molecule has 0 spiro atoms. The van der Waals surface area contributed by atoms with Gasteiger partial charge in [0.05, 0.1) is 5.56 Å². The van der Waals surface area contributed by atoms with E-state index < -0.39 is 11.8 Å². The van der Waals surface area contributed by atoms with Crippen molar-refractivity contribution < 1.29 is 24.9 Å². The smallest absolute Gasteiger partial charge is 0.339 e. The summed E-state index contributed by atoms with van der Waals surface area (Å²) in [6, 6.07) is 8.48. The van der Waals surface area contributed by atoms with Gasteiger partial charge in [-0.25, -0.2) is 4.79 Å². The number of carboxylic acid groups (broad SMARTS) is 1. The van der Waals surface area contributed by atoms with Crippen molar-refractivity contribution in [3.8, 4) is 11.5 Å². The second kappa shape index (κ2) is 6.13. The summed E-state index contributed by atoms with van der Waals surface area (Å²) in [5, 5.41) is 28.8. The van der Waals surface area contributed by atoms with Crippen LogP contribution in [0.2, 0.25) is 0 Å². The van der Waals surface area contributed by atoms with Crippen molar-refractivity contribution in [3.05, 3.63) is 71.3 Å². The van der Waals surface area contributed by atoms with Crippen LogP contribution < -0.4 is 0 Å². The van der Waals surface area contributed by atoms with Crippen LogP contribution in [-0.4, -0.2) is 27.1 Å². The second-order valence-corrected chi connectivity index (χ2v) is 4.68. The van der Waals surface area contributed by atoms with Crippen molar-refractivity contribution in [2.45, 2.75) is 6.42 Å². The minimum atomic E-state index is -1.34. The molecule has 0 aliphatic carbocycles. The molecule has 2 aromatic rings. The van der Waals surface area contributed by atoms with Crippen LogP contribution in [0, 0.1) is 0 Å². The molecule has 0 amide bonds. The van der Waals surface area contributed by atoms with Gasteiger partial charge in [0.25, 0.3) is 0 Å². The summed E-state index contributed by atoms with van der Waals surface area (Å²) in [5.74, 6) is -2.44. The number of rotatable bonds is 5. The van der Waals surface area contributed by atoms with E-state index in [1.807, 2.05) is 0 Å². The highest BCUT2D eigenvalue weighted by Gasteiger charge is 2.20. The third kappa shape index (κ3) is 2.83. The Bertz CT molecular complexity index is 762. The van der Waals surface area contributed by atoms with Gasteiger partial charge >= 0.3 is 5.97 Å². The number of carboxylic acids is 1. The van der Waals surface area contributed by atoms with E-state index in [0.717, 1.165) is 6.07 Å². The Morgan fingerprint density at radius 2 is 1.77 bits per heavy atom. The normalized spacial score (nSPS) is 10.2. The number of aromatic hydroxyl groups is 2. The van der Waals surface area contributed by atoms with Crippen LogP contribution in [0.4, 0.5) is 0 Å². The standard InChI is InChI=1S/C17H14O5/c1-2-5-10-8-11(9-13(15(10)19)17(21)22)16(20)12-6-3-4-7-14(12)18/h2-4,6-9,18-19H,1,5H2,(H,21,22). The molecule has 0 heterocycles. The molecule has 0 aromatic heterocycles. The van der Waals surface area contributed by atoms with Crippen LogP contribution >= 0.6 is 0 Å². The highest BCUT2D eigenvalue weighted by atomic mass is 16.4. The van der Waals surface area contributed by atoms with E-state index in [-0.39, 0.29) is 40.2 Å². The first-order chi connectivity index (χ1) is 10.5. The van der Waals surface area contributed by atoms with Crippen molar-refractivity contribution in [1.82, 2.24) is 0 Å². The zero-order valence-electron chi connectivity index (χ0n) is 11.6. The van der Waals surface area contributed by atoms with Gasteiger partial charge in [-0.2, -0.15) is 0 Å². The number of carbonyl (C=O) groups is 2. The number of phenols is 2. The molecule has 0 saturated heterocycles. The van der Waals surface area contributed by atoms with E-state index in [4.69, 9.17) is 5.11 Å². The third-order valence-corrected chi connectivity index (χ3v) is 3.19. The van der Waals surface area contributed by atoms with Crippen molar-refractivity contribution in [2.24, 2.45) is 0 Å². The molecule has 0 bridgehead atoms. The maximum atomic E-state index is 12.4. The number of allylic oxidation sites excluding steroid dienone is 1. The van der Waals surface area contributed by atoms with E-state index in [1.54, 1.807) is 12.1 Å². The third-order valence-electron chi connectivity index (χ3n) is 3.19. The van der Waals surface area contributed by atoms with Gasteiger partial charge < -0.3 is 15.3 Å². The number of aromatic carboxylic acids is 1. The summed E-state index contributed by atoms with van der Waals surface area (Å²) in [6.45, 7) is 3.53. The zero-order valence-corrected chi connectivity index (χ0v) is 11.6. The van der Waals surface area contributed by atoms with Crippen molar-refractivity contribution in [3.63, 3.8) is 0 Å². The number of ketones is 1. The lowest BCUT2D eigenvalue weighted by Crippen LogP contribution is -2.07. The molecular weight excluding hydrogens is 284 g/mol. The quantitative estimate of drug-likeness (QED) is 0.583. The maximum absolute atomic E-state index is 12.4. The number of phenolic OH excluding ortho intramolecular Hbond substituents is 1. The number of carbonyl (C=O) groups excluding carboxylic acids is 1. The first kappa shape index (κ1) is 15.3. The highest BCUT2D eigenvalue weighted by Crippen LogP contribution is 2.28. The highest BCUT2D eigenvalue weighted by molar-refractivity contribution is 6.12. The van der Waals surface area contributed by atoms with Gasteiger partial charge in [0, 0.05) is 5.56 Å². The van der Waals surface area contributed by atoms with Gasteiger partial charge in [-0.3, -0.25) is 4.79 Å². The molecule has 2 rings (SSSR count). The lowest BCUT2D eigenvalue weighted by atomic mass is 9.96. The predicted octanol–water partition coefficient (Wildman–Crippen LogP) is 2.76. The zero-order chi connectivity index (χ0) is 16.3. The predicted molar refractivity (Wildman–Crippen MR) is 80.5 cm³/mol. The minimum absolute atomic E-state index is 0.0640. The number of hydrogen-bond donors (Lipinski definition) is 3. The SMILES string of the molecule is C=CCc1cc(C(=O)c2ccccc2O)cc(C(=O)O)c1O. The van der Waals surface area contributed by atoms with Crippen molar-refractivity contribution >= 4 is 11.8 Å². The lowest BCUT2D eigenvalue weighted by molar-refractivity contribution is 0.0693. The average Bonchev–Trinajstić information content (AvgIpc) is 2.49. The molecule has 0 radical (unpaired) electrons. The van der Waals surface area contributed by atoms with E-state index in [9.17, 15) is 19.8 Å². The van der Waals surface area contributed by atoms with E-state index in [0.29, 0.717) is 0 Å². The summed E-state index contributed by atoms with van der Waals surface area (Å²) < 4.78 is 0. The Morgan fingerprint density at radius 3 is 2.36 bits per heavy atom. The molecule has 22 heavy (non-hydrogen) atoms. The largest absolute Gasteiger partial charge is 0.507 e. The van der Waals surface area contributed by atoms with Crippen LogP contribution in [0.5, 0.6) is 11.5 Å². The van der Waals surface area contributed by atoms with Gasteiger partial charge in [-0.15, -0.1) is 6.58 Å². The molecule has 0 unspecified atom stereocenters. The van der Waals surface area contributed by atoms with Crippen LogP contribution in [0.15, 0.2) is 49.1 Å². The Kier molecular flexibility index (Phi) is 4.27. The number of hydrogen-bond acceptors (Lipinski definition) is 4. The molecular formula is C17H14O5. The molecule has 0 aliphatic heterocycles. The average molecular weight is 298 g/mol. The Morgan fingerprint density at radius 1 is 1.09 bits per heavy atom. The molecule has 3 N–H and O–H groups in total. The molecule has 0 atom stereocenters. The van der Waals surface area contributed by atoms with Crippen molar-refractivity contribution in [2.75, 3.05) is 0 Å². The van der Waals surface area contributed by atoms with Crippen LogP contribution in [-0.2, 0) is 6.42 Å². The van der Waals surface area contributed by atoms with Crippen LogP contribution in [0.3, 0.4) is 0 Å². The van der Waals surface area contributed by atoms with E-state index >= 15 is 0 Å². The van der Waals surface area contributed by atoms with Crippen molar-refractivity contribution in [1.29, 1.82) is 0 Å². The lowest BCUT2D eigenvalue weighted by Gasteiger charge is -2.10. The Hall–Kier alpha value is -3.08. The molecule has 2 aromatic carbocycles.